The number of methoxy groups -OCH3 is 1. The molecule has 1 aromatic heterocycles. The second-order valence-corrected chi connectivity index (χ2v) is 3.10. The zero-order chi connectivity index (χ0) is 9.10. The molecule has 5 nitrogen and oxygen atoms in total. The molecule has 0 fully saturated rings. The number of fused-ring (bicyclic) bond motifs is 1. The van der Waals surface area contributed by atoms with Gasteiger partial charge in [0.2, 0.25) is 0 Å². The molecule has 1 aromatic rings. The van der Waals surface area contributed by atoms with Gasteiger partial charge in [-0.25, -0.2) is 0 Å². The van der Waals surface area contributed by atoms with E-state index >= 15 is 0 Å². The van der Waals surface area contributed by atoms with Crippen LogP contribution in [0.1, 0.15) is 11.6 Å². The summed E-state index contributed by atoms with van der Waals surface area (Å²) in [5, 5.41) is 11.5. The van der Waals surface area contributed by atoms with E-state index in [9.17, 15) is 0 Å². The van der Waals surface area contributed by atoms with Crippen LogP contribution in [-0.4, -0.2) is 35.0 Å². The molecule has 72 valence electrons. The lowest BCUT2D eigenvalue weighted by atomic mass is 10.3. The van der Waals surface area contributed by atoms with Crippen LogP contribution in [0.15, 0.2) is 0 Å². The summed E-state index contributed by atoms with van der Waals surface area (Å²) in [6.07, 6.45) is 0.851. The van der Waals surface area contributed by atoms with Crippen LogP contribution in [0, 0.1) is 0 Å². The van der Waals surface area contributed by atoms with Gasteiger partial charge in [-0.1, -0.05) is 0 Å². The number of aromatic nitrogens is 3. The van der Waals surface area contributed by atoms with E-state index in [1.807, 2.05) is 0 Å². The summed E-state index contributed by atoms with van der Waals surface area (Å²) in [6, 6.07) is 0. The van der Waals surface area contributed by atoms with Crippen LogP contribution in [0.4, 0.5) is 0 Å². The van der Waals surface area contributed by atoms with E-state index in [4.69, 9.17) is 4.74 Å². The Morgan fingerprint density at radius 2 is 2.46 bits per heavy atom. The largest absolute Gasteiger partial charge is 0.384 e. The van der Waals surface area contributed by atoms with Crippen LogP contribution in [0.3, 0.4) is 0 Å². The summed E-state index contributed by atoms with van der Waals surface area (Å²) >= 11 is 0. The van der Waals surface area contributed by atoms with E-state index in [0.717, 1.165) is 37.7 Å². The predicted molar refractivity (Wildman–Crippen MR) is 47.3 cm³/mol. The minimum Gasteiger partial charge on any atom is -0.384 e. The van der Waals surface area contributed by atoms with Crippen LogP contribution in [-0.2, 0) is 24.2 Å². The first-order chi connectivity index (χ1) is 6.42. The van der Waals surface area contributed by atoms with Crippen molar-refractivity contribution in [1.82, 2.24) is 20.1 Å². The Hall–Kier alpha value is -0.940. The highest BCUT2D eigenvalue weighted by molar-refractivity contribution is 4.98. The summed E-state index contributed by atoms with van der Waals surface area (Å²) in [5.74, 6) is 2.08. The maximum Gasteiger partial charge on any atom is 0.147 e. The van der Waals surface area contributed by atoms with Gasteiger partial charge in [0, 0.05) is 26.6 Å². The summed E-state index contributed by atoms with van der Waals surface area (Å²) in [5.41, 5.74) is 0. The number of ether oxygens (including phenoxy) is 1. The first-order valence-corrected chi connectivity index (χ1v) is 4.52. The Morgan fingerprint density at radius 3 is 3.31 bits per heavy atom. The zero-order valence-corrected chi connectivity index (χ0v) is 7.79. The second-order valence-electron chi connectivity index (χ2n) is 3.10. The van der Waals surface area contributed by atoms with Gasteiger partial charge in [0.15, 0.2) is 0 Å². The van der Waals surface area contributed by atoms with Gasteiger partial charge >= 0.3 is 0 Å². The number of hydrogen-bond donors (Lipinski definition) is 1. The van der Waals surface area contributed by atoms with Crippen molar-refractivity contribution in [3.8, 4) is 0 Å². The zero-order valence-electron chi connectivity index (χ0n) is 7.79. The molecule has 1 N–H and O–H groups in total. The highest BCUT2D eigenvalue weighted by atomic mass is 16.5. The molecule has 2 heterocycles. The van der Waals surface area contributed by atoms with Crippen molar-refractivity contribution in [3.05, 3.63) is 11.6 Å². The van der Waals surface area contributed by atoms with Gasteiger partial charge in [-0.3, -0.25) is 0 Å². The predicted octanol–water partition coefficient (Wildman–Crippen LogP) is -0.430. The van der Waals surface area contributed by atoms with Crippen LogP contribution >= 0.6 is 0 Å². The van der Waals surface area contributed by atoms with Crippen molar-refractivity contribution in [3.63, 3.8) is 0 Å². The smallest absolute Gasteiger partial charge is 0.147 e. The molecular formula is C8H14N4O. The third-order valence-corrected chi connectivity index (χ3v) is 2.23. The van der Waals surface area contributed by atoms with E-state index in [2.05, 4.69) is 20.1 Å². The fraction of sp³-hybridized carbons (Fsp3) is 0.750. The van der Waals surface area contributed by atoms with Gasteiger partial charge < -0.3 is 14.6 Å². The molecule has 0 aromatic carbocycles. The summed E-state index contributed by atoms with van der Waals surface area (Å²) in [6.45, 7) is 3.53. The summed E-state index contributed by atoms with van der Waals surface area (Å²) in [4.78, 5) is 0. The van der Waals surface area contributed by atoms with E-state index < -0.39 is 0 Å². The minimum absolute atomic E-state index is 0.714. The average molecular weight is 182 g/mol. The van der Waals surface area contributed by atoms with Crippen molar-refractivity contribution in [2.45, 2.75) is 19.5 Å². The maximum atomic E-state index is 5.01. The molecule has 0 saturated heterocycles. The standard InChI is InChI=1S/C8H14N4O/c1-13-5-2-7-10-11-8-6-9-3-4-12(7)8/h9H,2-6H2,1H3. The maximum absolute atomic E-state index is 5.01. The number of nitrogens with zero attached hydrogens (tertiary/aromatic N) is 3. The summed E-state index contributed by atoms with van der Waals surface area (Å²) in [7, 11) is 1.70. The monoisotopic (exact) mass is 182 g/mol. The molecule has 13 heavy (non-hydrogen) atoms. The SMILES string of the molecule is COCCc1nnc2n1CCNC2. The molecule has 0 radical (unpaired) electrons. The molecule has 0 saturated carbocycles. The van der Waals surface area contributed by atoms with Crippen LogP contribution in [0.25, 0.3) is 0 Å². The van der Waals surface area contributed by atoms with Crippen molar-refractivity contribution in [2.75, 3.05) is 20.3 Å². The van der Waals surface area contributed by atoms with Crippen molar-refractivity contribution in [2.24, 2.45) is 0 Å². The average Bonchev–Trinajstić information content (AvgIpc) is 2.58. The lowest BCUT2D eigenvalue weighted by Gasteiger charge is -2.15. The van der Waals surface area contributed by atoms with Crippen LogP contribution in [0.2, 0.25) is 0 Å². The molecule has 0 spiro atoms. The van der Waals surface area contributed by atoms with Gasteiger partial charge in [0.1, 0.15) is 11.6 Å². The van der Waals surface area contributed by atoms with Gasteiger partial charge in [-0.15, -0.1) is 10.2 Å². The molecule has 0 atom stereocenters. The molecule has 0 amide bonds. The van der Waals surface area contributed by atoms with Crippen molar-refractivity contribution in [1.29, 1.82) is 0 Å². The fourth-order valence-electron chi connectivity index (χ4n) is 1.53. The van der Waals surface area contributed by atoms with Crippen LogP contribution < -0.4 is 5.32 Å². The number of nitrogens with one attached hydrogen (secondary N) is 1. The quantitative estimate of drug-likeness (QED) is 0.689. The Morgan fingerprint density at radius 1 is 1.54 bits per heavy atom. The van der Waals surface area contributed by atoms with E-state index in [0.29, 0.717) is 6.61 Å². The van der Waals surface area contributed by atoms with E-state index in [1.54, 1.807) is 7.11 Å². The van der Waals surface area contributed by atoms with Crippen molar-refractivity contribution >= 4 is 0 Å². The summed E-state index contributed by atoms with van der Waals surface area (Å²) < 4.78 is 7.19. The molecule has 5 heteroatoms. The highest BCUT2D eigenvalue weighted by Gasteiger charge is 2.14. The fourth-order valence-corrected chi connectivity index (χ4v) is 1.53. The first-order valence-electron chi connectivity index (χ1n) is 4.52. The van der Waals surface area contributed by atoms with Gasteiger partial charge in [0.25, 0.3) is 0 Å². The number of rotatable bonds is 3. The molecule has 1 aliphatic heterocycles. The molecular weight excluding hydrogens is 168 g/mol. The topological polar surface area (TPSA) is 52.0 Å². The lowest BCUT2D eigenvalue weighted by molar-refractivity contribution is 0.199. The number of hydrogen-bond acceptors (Lipinski definition) is 4. The van der Waals surface area contributed by atoms with Crippen LogP contribution in [0.5, 0.6) is 0 Å². The van der Waals surface area contributed by atoms with Gasteiger partial charge in [-0.05, 0) is 0 Å². The van der Waals surface area contributed by atoms with Gasteiger partial charge in [0.05, 0.1) is 13.2 Å². The van der Waals surface area contributed by atoms with Crippen molar-refractivity contribution < 1.29 is 4.74 Å². The second kappa shape index (κ2) is 3.85. The Balaban J connectivity index is 2.12. The van der Waals surface area contributed by atoms with Gasteiger partial charge in [-0.2, -0.15) is 0 Å². The Bertz CT molecular complexity index is 284. The molecule has 2 rings (SSSR count). The Kier molecular flexibility index (Phi) is 2.56. The molecule has 0 aliphatic carbocycles. The normalized spacial score (nSPS) is 15.8. The molecule has 0 unspecified atom stereocenters. The first kappa shape index (κ1) is 8.65. The Labute approximate surface area is 77.1 Å². The molecule has 1 aliphatic rings. The minimum atomic E-state index is 0.714. The third-order valence-electron chi connectivity index (χ3n) is 2.23. The highest BCUT2D eigenvalue weighted by Crippen LogP contribution is 2.06. The van der Waals surface area contributed by atoms with E-state index in [1.165, 1.54) is 0 Å². The molecule has 0 bridgehead atoms. The lowest BCUT2D eigenvalue weighted by Crippen LogP contribution is -2.29. The third kappa shape index (κ3) is 1.71. The van der Waals surface area contributed by atoms with E-state index in [-0.39, 0.29) is 0 Å².